The molecule has 1 amide bonds. The van der Waals surface area contributed by atoms with Gasteiger partial charge in [0.15, 0.2) is 0 Å². The fraction of sp³-hybridized carbons (Fsp3) is 0.929. The molecule has 1 N–H and O–H groups in total. The number of amides is 1. The highest BCUT2D eigenvalue weighted by Crippen LogP contribution is 2.14. The van der Waals surface area contributed by atoms with Crippen LogP contribution in [0.4, 0.5) is 4.79 Å². The molecule has 100 valence electrons. The van der Waals surface area contributed by atoms with E-state index in [0.29, 0.717) is 12.5 Å². The first-order valence-corrected chi connectivity index (χ1v) is 7.23. The van der Waals surface area contributed by atoms with Crippen LogP contribution in [0.5, 0.6) is 0 Å². The van der Waals surface area contributed by atoms with Gasteiger partial charge in [0.05, 0.1) is 6.61 Å². The van der Waals surface area contributed by atoms with Crippen LogP contribution in [0.3, 0.4) is 0 Å². The SMILES string of the molecule is CCCCCCCCCCC1CNC(=O)OC1. The van der Waals surface area contributed by atoms with Crippen LogP contribution in [0.2, 0.25) is 0 Å². The zero-order valence-corrected chi connectivity index (χ0v) is 11.2. The van der Waals surface area contributed by atoms with Gasteiger partial charge in [-0.25, -0.2) is 4.79 Å². The van der Waals surface area contributed by atoms with E-state index in [1.54, 1.807) is 0 Å². The van der Waals surface area contributed by atoms with Crippen molar-refractivity contribution in [3.63, 3.8) is 0 Å². The lowest BCUT2D eigenvalue weighted by Crippen LogP contribution is -2.38. The molecule has 1 heterocycles. The van der Waals surface area contributed by atoms with Crippen molar-refractivity contribution in [2.45, 2.75) is 64.7 Å². The van der Waals surface area contributed by atoms with Gasteiger partial charge >= 0.3 is 6.09 Å². The number of rotatable bonds is 9. The van der Waals surface area contributed by atoms with Crippen LogP contribution in [0.1, 0.15) is 64.7 Å². The fourth-order valence-electron chi connectivity index (χ4n) is 2.28. The standard InChI is InChI=1S/C14H27NO2/c1-2-3-4-5-6-7-8-9-10-13-11-15-14(16)17-12-13/h13H,2-12H2,1H3,(H,15,16). The molecule has 1 fully saturated rings. The summed E-state index contributed by atoms with van der Waals surface area (Å²) in [6.45, 7) is 3.67. The Bertz CT molecular complexity index is 196. The number of carbonyl (C=O) groups excluding carboxylic acids is 1. The summed E-state index contributed by atoms with van der Waals surface area (Å²) >= 11 is 0. The number of hydrogen-bond donors (Lipinski definition) is 1. The number of alkyl carbamates (subject to hydrolysis) is 1. The van der Waals surface area contributed by atoms with Crippen molar-refractivity contribution in [2.24, 2.45) is 5.92 Å². The average molecular weight is 241 g/mol. The van der Waals surface area contributed by atoms with Gasteiger partial charge in [-0.05, 0) is 6.42 Å². The molecule has 0 spiro atoms. The monoisotopic (exact) mass is 241 g/mol. The second-order valence-electron chi connectivity index (χ2n) is 5.11. The van der Waals surface area contributed by atoms with Gasteiger partial charge in [0, 0.05) is 12.5 Å². The summed E-state index contributed by atoms with van der Waals surface area (Å²) in [6.07, 6.45) is 11.8. The van der Waals surface area contributed by atoms with E-state index in [0.717, 1.165) is 6.54 Å². The third-order valence-electron chi connectivity index (χ3n) is 3.45. The third-order valence-corrected chi connectivity index (χ3v) is 3.45. The van der Waals surface area contributed by atoms with Gasteiger partial charge in [-0.15, -0.1) is 0 Å². The molecule has 1 rings (SSSR count). The number of unbranched alkanes of at least 4 members (excludes halogenated alkanes) is 7. The van der Waals surface area contributed by atoms with E-state index in [2.05, 4.69) is 12.2 Å². The highest BCUT2D eigenvalue weighted by molar-refractivity contribution is 5.67. The molecule has 0 aliphatic carbocycles. The van der Waals surface area contributed by atoms with Gasteiger partial charge in [0.2, 0.25) is 0 Å². The molecule has 1 atom stereocenters. The molecule has 1 aliphatic rings. The first-order valence-electron chi connectivity index (χ1n) is 7.23. The third kappa shape index (κ3) is 7.24. The normalized spacial score (nSPS) is 19.8. The summed E-state index contributed by atoms with van der Waals surface area (Å²) in [6, 6.07) is 0. The lowest BCUT2D eigenvalue weighted by molar-refractivity contribution is 0.0992. The lowest BCUT2D eigenvalue weighted by atomic mass is 10.00. The molecule has 0 radical (unpaired) electrons. The number of cyclic esters (lactones) is 1. The molecule has 0 aromatic heterocycles. The molecule has 3 heteroatoms. The fourth-order valence-corrected chi connectivity index (χ4v) is 2.28. The van der Waals surface area contributed by atoms with E-state index in [1.807, 2.05) is 0 Å². The molecule has 0 aromatic rings. The molecule has 17 heavy (non-hydrogen) atoms. The van der Waals surface area contributed by atoms with Crippen LogP contribution in [-0.2, 0) is 4.74 Å². The van der Waals surface area contributed by atoms with Crippen molar-refractivity contribution in [3.8, 4) is 0 Å². The Balaban J connectivity index is 1.82. The topological polar surface area (TPSA) is 38.3 Å². The van der Waals surface area contributed by atoms with Crippen molar-refractivity contribution < 1.29 is 9.53 Å². The van der Waals surface area contributed by atoms with Gasteiger partial charge in [0.25, 0.3) is 0 Å². The van der Waals surface area contributed by atoms with E-state index < -0.39 is 0 Å². The van der Waals surface area contributed by atoms with Gasteiger partial charge in [-0.2, -0.15) is 0 Å². The minimum atomic E-state index is -0.253. The Morgan fingerprint density at radius 1 is 1.12 bits per heavy atom. The van der Waals surface area contributed by atoms with Crippen LogP contribution < -0.4 is 5.32 Å². The van der Waals surface area contributed by atoms with Crippen LogP contribution in [0.25, 0.3) is 0 Å². The quantitative estimate of drug-likeness (QED) is 0.622. The number of hydrogen-bond acceptors (Lipinski definition) is 2. The molecule has 0 saturated carbocycles. The second-order valence-corrected chi connectivity index (χ2v) is 5.11. The first kappa shape index (κ1) is 14.3. The summed E-state index contributed by atoms with van der Waals surface area (Å²) in [4.78, 5) is 10.8. The van der Waals surface area contributed by atoms with Crippen LogP contribution >= 0.6 is 0 Å². The lowest BCUT2D eigenvalue weighted by Gasteiger charge is -2.22. The number of ether oxygens (including phenoxy) is 1. The Hall–Kier alpha value is -0.730. The van der Waals surface area contributed by atoms with E-state index in [9.17, 15) is 4.79 Å². The molecule has 1 aliphatic heterocycles. The average Bonchev–Trinajstić information content (AvgIpc) is 2.35. The predicted molar refractivity (Wildman–Crippen MR) is 70.1 cm³/mol. The molecular formula is C14H27NO2. The summed E-state index contributed by atoms with van der Waals surface area (Å²) in [5.41, 5.74) is 0. The van der Waals surface area contributed by atoms with Gasteiger partial charge in [0.1, 0.15) is 0 Å². The minimum absolute atomic E-state index is 0.253. The van der Waals surface area contributed by atoms with E-state index in [1.165, 1.54) is 57.8 Å². The number of carbonyl (C=O) groups is 1. The summed E-state index contributed by atoms with van der Waals surface area (Å²) in [5.74, 6) is 0.535. The first-order chi connectivity index (χ1) is 8.33. The van der Waals surface area contributed by atoms with E-state index in [-0.39, 0.29) is 6.09 Å². The van der Waals surface area contributed by atoms with Crippen LogP contribution in [0.15, 0.2) is 0 Å². The Labute approximate surface area is 105 Å². The van der Waals surface area contributed by atoms with Gasteiger partial charge in [-0.3, -0.25) is 0 Å². The van der Waals surface area contributed by atoms with Crippen LogP contribution in [0, 0.1) is 5.92 Å². The highest BCUT2D eigenvalue weighted by atomic mass is 16.6. The van der Waals surface area contributed by atoms with E-state index >= 15 is 0 Å². The van der Waals surface area contributed by atoms with Gasteiger partial charge in [-0.1, -0.05) is 58.3 Å². The van der Waals surface area contributed by atoms with Crippen molar-refractivity contribution in [1.29, 1.82) is 0 Å². The van der Waals surface area contributed by atoms with Crippen molar-refractivity contribution in [2.75, 3.05) is 13.2 Å². The van der Waals surface area contributed by atoms with Gasteiger partial charge < -0.3 is 10.1 Å². The van der Waals surface area contributed by atoms with Crippen molar-refractivity contribution >= 4 is 6.09 Å². The smallest absolute Gasteiger partial charge is 0.407 e. The maximum atomic E-state index is 10.8. The minimum Gasteiger partial charge on any atom is -0.449 e. The summed E-state index contributed by atoms with van der Waals surface area (Å²) in [5, 5.41) is 2.75. The highest BCUT2D eigenvalue weighted by Gasteiger charge is 2.17. The Morgan fingerprint density at radius 3 is 2.35 bits per heavy atom. The van der Waals surface area contributed by atoms with Crippen molar-refractivity contribution in [3.05, 3.63) is 0 Å². The maximum Gasteiger partial charge on any atom is 0.407 e. The maximum absolute atomic E-state index is 10.8. The summed E-state index contributed by atoms with van der Waals surface area (Å²) in [7, 11) is 0. The Morgan fingerprint density at radius 2 is 1.76 bits per heavy atom. The molecule has 0 aromatic carbocycles. The zero-order valence-electron chi connectivity index (χ0n) is 11.2. The molecule has 1 unspecified atom stereocenters. The molecular weight excluding hydrogens is 214 g/mol. The number of nitrogens with one attached hydrogen (secondary N) is 1. The molecule has 0 bridgehead atoms. The summed E-state index contributed by atoms with van der Waals surface area (Å²) < 4.78 is 4.96. The largest absolute Gasteiger partial charge is 0.449 e. The zero-order chi connectivity index (χ0) is 12.3. The Kier molecular flexibility index (Phi) is 7.85. The second kappa shape index (κ2) is 9.32. The van der Waals surface area contributed by atoms with E-state index in [4.69, 9.17) is 4.74 Å². The molecule has 3 nitrogen and oxygen atoms in total. The predicted octanol–water partition coefficient (Wildman–Crippen LogP) is 3.87. The van der Waals surface area contributed by atoms with Crippen LogP contribution in [-0.4, -0.2) is 19.2 Å². The van der Waals surface area contributed by atoms with Crippen molar-refractivity contribution in [1.82, 2.24) is 5.32 Å². The molecule has 1 saturated heterocycles.